The molecule has 0 aliphatic rings. The molecule has 0 atom stereocenters. The molecule has 1 aromatic carbocycles. The molecule has 0 saturated carbocycles. The maximum absolute atomic E-state index is 12.1. The van der Waals surface area contributed by atoms with Crippen molar-refractivity contribution in [3.63, 3.8) is 0 Å². The summed E-state index contributed by atoms with van der Waals surface area (Å²) in [6, 6.07) is 5.12. The van der Waals surface area contributed by atoms with Gasteiger partial charge < -0.3 is 24.8 Å². The molecule has 0 spiro atoms. The highest BCUT2D eigenvalue weighted by Crippen LogP contribution is 2.23. The molecule has 6 nitrogen and oxygen atoms in total. The Bertz CT molecular complexity index is 424. The largest absolute Gasteiger partial charge is 0.497 e. The lowest BCUT2D eigenvalue weighted by Crippen LogP contribution is -2.33. The van der Waals surface area contributed by atoms with Crippen LogP contribution in [0, 0.1) is 0 Å². The Hall–Kier alpha value is -1.79. The van der Waals surface area contributed by atoms with Crippen LogP contribution in [0.5, 0.6) is 11.5 Å². The van der Waals surface area contributed by atoms with Crippen molar-refractivity contribution in [2.24, 2.45) is 0 Å². The number of nitrogens with one attached hydrogen (secondary N) is 2. The molecule has 112 valence electrons. The molecular formula is C14H22N2O4. The van der Waals surface area contributed by atoms with Crippen molar-refractivity contribution in [2.45, 2.75) is 0 Å². The summed E-state index contributed by atoms with van der Waals surface area (Å²) in [6.45, 7) is 2.62. The molecule has 20 heavy (non-hydrogen) atoms. The molecule has 0 fully saturated rings. The quantitative estimate of drug-likeness (QED) is 0.652. The fourth-order valence-electron chi connectivity index (χ4n) is 1.65. The average Bonchev–Trinajstić information content (AvgIpc) is 2.49. The second kappa shape index (κ2) is 9.17. The summed E-state index contributed by atoms with van der Waals surface area (Å²) in [6.07, 6.45) is 0. The number of amides is 1. The van der Waals surface area contributed by atoms with Crippen molar-refractivity contribution in [3.05, 3.63) is 23.8 Å². The van der Waals surface area contributed by atoms with Gasteiger partial charge in [-0.2, -0.15) is 0 Å². The van der Waals surface area contributed by atoms with E-state index in [9.17, 15) is 4.79 Å². The number of benzene rings is 1. The van der Waals surface area contributed by atoms with Crippen molar-refractivity contribution in [1.82, 2.24) is 10.6 Å². The molecule has 0 saturated heterocycles. The zero-order valence-corrected chi connectivity index (χ0v) is 12.2. The summed E-state index contributed by atoms with van der Waals surface area (Å²) >= 11 is 0. The molecule has 6 heteroatoms. The van der Waals surface area contributed by atoms with E-state index in [-0.39, 0.29) is 5.91 Å². The number of ether oxygens (including phenoxy) is 3. The Morgan fingerprint density at radius 2 is 1.90 bits per heavy atom. The Balaban J connectivity index is 2.49. The van der Waals surface area contributed by atoms with Gasteiger partial charge in [0, 0.05) is 26.7 Å². The van der Waals surface area contributed by atoms with Crippen LogP contribution in [-0.4, -0.2) is 53.5 Å². The van der Waals surface area contributed by atoms with Crippen molar-refractivity contribution in [1.29, 1.82) is 0 Å². The highest BCUT2D eigenvalue weighted by Gasteiger charge is 2.12. The third-order valence-corrected chi connectivity index (χ3v) is 2.72. The van der Waals surface area contributed by atoms with Crippen LogP contribution in [-0.2, 0) is 4.74 Å². The number of carbonyl (C=O) groups excluding carboxylic acids is 1. The van der Waals surface area contributed by atoms with E-state index < -0.39 is 0 Å². The predicted molar refractivity (Wildman–Crippen MR) is 76.6 cm³/mol. The number of rotatable bonds is 9. The smallest absolute Gasteiger partial charge is 0.255 e. The van der Waals surface area contributed by atoms with Gasteiger partial charge >= 0.3 is 0 Å². The van der Waals surface area contributed by atoms with Gasteiger partial charge in [-0.05, 0) is 18.2 Å². The van der Waals surface area contributed by atoms with Crippen LogP contribution in [0.2, 0.25) is 0 Å². The molecule has 1 rings (SSSR count). The summed E-state index contributed by atoms with van der Waals surface area (Å²) in [5.41, 5.74) is 0.462. The van der Waals surface area contributed by atoms with Crippen LogP contribution >= 0.6 is 0 Å². The van der Waals surface area contributed by atoms with Crippen LogP contribution in [0.3, 0.4) is 0 Å². The van der Waals surface area contributed by atoms with Crippen LogP contribution in [0.15, 0.2) is 18.2 Å². The Morgan fingerprint density at radius 1 is 1.10 bits per heavy atom. The minimum Gasteiger partial charge on any atom is -0.497 e. The molecule has 0 aromatic heterocycles. The zero-order valence-electron chi connectivity index (χ0n) is 12.2. The van der Waals surface area contributed by atoms with E-state index in [1.54, 1.807) is 32.4 Å². The summed E-state index contributed by atoms with van der Waals surface area (Å²) in [7, 11) is 4.74. The third-order valence-electron chi connectivity index (χ3n) is 2.72. The minimum absolute atomic E-state index is 0.186. The maximum atomic E-state index is 12.1. The lowest BCUT2D eigenvalue weighted by molar-refractivity contribution is 0.0950. The number of hydrogen-bond donors (Lipinski definition) is 2. The second-order valence-electron chi connectivity index (χ2n) is 4.06. The van der Waals surface area contributed by atoms with Gasteiger partial charge in [0.1, 0.15) is 11.5 Å². The van der Waals surface area contributed by atoms with Gasteiger partial charge in [-0.25, -0.2) is 0 Å². The standard InChI is InChI=1S/C14H22N2O4/c1-18-9-8-15-6-7-16-14(17)12-10-11(19-2)4-5-13(12)20-3/h4-5,10,15H,6-9H2,1-3H3,(H,16,17). The highest BCUT2D eigenvalue weighted by atomic mass is 16.5. The van der Waals surface area contributed by atoms with Crippen molar-refractivity contribution in [3.8, 4) is 11.5 Å². The van der Waals surface area contributed by atoms with E-state index in [1.807, 2.05) is 0 Å². The molecule has 2 N–H and O–H groups in total. The first-order chi connectivity index (χ1) is 9.72. The molecule has 0 bridgehead atoms. The second-order valence-corrected chi connectivity index (χ2v) is 4.06. The Labute approximate surface area is 119 Å². The monoisotopic (exact) mass is 282 g/mol. The fraction of sp³-hybridized carbons (Fsp3) is 0.500. The topological polar surface area (TPSA) is 68.8 Å². The normalized spacial score (nSPS) is 10.2. The SMILES string of the molecule is COCCNCCNC(=O)c1cc(OC)ccc1OC. The lowest BCUT2D eigenvalue weighted by atomic mass is 10.1. The van der Waals surface area contributed by atoms with Gasteiger partial charge in [-0.15, -0.1) is 0 Å². The van der Waals surface area contributed by atoms with Crippen molar-refractivity contribution < 1.29 is 19.0 Å². The van der Waals surface area contributed by atoms with Crippen LogP contribution in [0.4, 0.5) is 0 Å². The number of hydrogen-bond acceptors (Lipinski definition) is 5. The fourth-order valence-corrected chi connectivity index (χ4v) is 1.65. The Kier molecular flexibility index (Phi) is 7.46. The summed E-state index contributed by atoms with van der Waals surface area (Å²) in [5.74, 6) is 0.958. The molecule has 0 aliphatic carbocycles. The molecule has 1 aromatic rings. The van der Waals surface area contributed by atoms with E-state index in [4.69, 9.17) is 14.2 Å². The zero-order chi connectivity index (χ0) is 14.8. The maximum Gasteiger partial charge on any atom is 0.255 e. The third kappa shape index (κ3) is 5.07. The number of methoxy groups -OCH3 is 3. The van der Waals surface area contributed by atoms with Gasteiger partial charge in [0.2, 0.25) is 0 Å². The first-order valence-corrected chi connectivity index (χ1v) is 6.42. The van der Waals surface area contributed by atoms with Gasteiger partial charge in [-0.1, -0.05) is 0 Å². The van der Waals surface area contributed by atoms with E-state index in [1.165, 1.54) is 7.11 Å². The van der Waals surface area contributed by atoms with Crippen molar-refractivity contribution in [2.75, 3.05) is 47.6 Å². The van der Waals surface area contributed by atoms with E-state index in [0.717, 1.165) is 6.54 Å². The van der Waals surface area contributed by atoms with E-state index >= 15 is 0 Å². The van der Waals surface area contributed by atoms with Gasteiger partial charge in [-0.3, -0.25) is 4.79 Å². The van der Waals surface area contributed by atoms with E-state index in [2.05, 4.69) is 10.6 Å². The first-order valence-electron chi connectivity index (χ1n) is 6.42. The van der Waals surface area contributed by atoms with Gasteiger partial charge in [0.25, 0.3) is 5.91 Å². The first kappa shape index (κ1) is 16.3. The van der Waals surface area contributed by atoms with Crippen LogP contribution < -0.4 is 20.1 Å². The molecular weight excluding hydrogens is 260 g/mol. The number of carbonyl (C=O) groups is 1. The van der Waals surface area contributed by atoms with Crippen LogP contribution in [0.25, 0.3) is 0 Å². The van der Waals surface area contributed by atoms with Crippen molar-refractivity contribution >= 4 is 5.91 Å². The average molecular weight is 282 g/mol. The van der Waals surface area contributed by atoms with Gasteiger partial charge in [0.15, 0.2) is 0 Å². The summed E-state index contributed by atoms with van der Waals surface area (Å²) in [4.78, 5) is 12.1. The highest BCUT2D eigenvalue weighted by molar-refractivity contribution is 5.97. The predicted octanol–water partition coefficient (Wildman–Crippen LogP) is 0.670. The van der Waals surface area contributed by atoms with E-state index in [0.29, 0.717) is 36.8 Å². The summed E-state index contributed by atoms with van der Waals surface area (Å²) < 4.78 is 15.2. The Morgan fingerprint density at radius 3 is 2.55 bits per heavy atom. The molecule has 1 amide bonds. The van der Waals surface area contributed by atoms with Crippen LogP contribution in [0.1, 0.15) is 10.4 Å². The molecule has 0 radical (unpaired) electrons. The molecule has 0 unspecified atom stereocenters. The molecule has 0 aliphatic heterocycles. The molecule has 0 heterocycles. The minimum atomic E-state index is -0.186. The lowest BCUT2D eigenvalue weighted by Gasteiger charge is -2.11. The van der Waals surface area contributed by atoms with Gasteiger partial charge in [0.05, 0.1) is 26.4 Å². The summed E-state index contributed by atoms with van der Waals surface area (Å²) in [5, 5.41) is 5.97.